The fraction of sp³-hybridized carbons (Fsp3) is 0.647. The zero-order chi connectivity index (χ0) is 14.9. The molecule has 1 N–H and O–H groups in total. The van der Waals surface area contributed by atoms with Crippen molar-refractivity contribution in [2.24, 2.45) is 16.2 Å². The van der Waals surface area contributed by atoms with Gasteiger partial charge in [-0.05, 0) is 36.8 Å². The molecule has 1 aromatic carbocycles. The van der Waals surface area contributed by atoms with Crippen LogP contribution in [0.1, 0.15) is 38.5 Å². The summed E-state index contributed by atoms with van der Waals surface area (Å²) < 4.78 is 17.5. The van der Waals surface area contributed by atoms with Crippen LogP contribution in [-0.2, 0) is 9.73 Å². The molecule has 116 valence electrons. The summed E-state index contributed by atoms with van der Waals surface area (Å²) in [7, 11) is -0.906. The molecule has 4 heteroatoms. The number of hydrogen-bond donors (Lipinski definition) is 1. The fourth-order valence-electron chi connectivity index (χ4n) is 3.83. The van der Waals surface area contributed by atoms with Crippen LogP contribution in [0.15, 0.2) is 39.6 Å². The van der Waals surface area contributed by atoms with Crippen LogP contribution in [0.2, 0.25) is 0 Å². The number of rotatable bonds is 3. The van der Waals surface area contributed by atoms with Gasteiger partial charge in [-0.2, -0.15) is 0 Å². The van der Waals surface area contributed by atoms with Gasteiger partial charge in [-0.15, -0.1) is 0 Å². The van der Waals surface area contributed by atoms with E-state index in [4.69, 9.17) is 0 Å². The second-order valence-electron chi connectivity index (χ2n) is 6.59. The molecule has 2 aliphatic rings. The Balaban J connectivity index is 1.88. The third-order valence-corrected chi connectivity index (χ3v) is 7.64. The Morgan fingerprint density at radius 1 is 1.29 bits per heavy atom. The van der Waals surface area contributed by atoms with Crippen LogP contribution in [0.4, 0.5) is 0 Å². The third kappa shape index (κ3) is 3.02. The summed E-state index contributed by atoms with van der Waals surface area (Å²) in [5.74, 6) is 1.28. The van der Waals surface area contributed by atoms with Crippen molar-refractivity contribution in [3.63, 3.8) is 0 Å². The summed E-state index contributed by atoms with van der Waals surface area (Å²) in [5.41, 5.74) is -0.794. The Hall–Kier alpha value is -0.870. The van der Waals surface area contributed by atoms with Crippen molar-refractivity contribution in [3.8, 4) is 0 Å². The van der Waals surface area contributed by atoms with Crippen molar-refractivity contribution in [2.75, 3.05) is 12.8 Å². The fourth-order valence-corrected chi connectivity index (χ4v) is 5.95. The average Bonchev–Trinajstić information content (AvgIpc) is 3.26. The lowest BCUT2D eigenvalue weighted by molar-refractivity contribution is 0.0203. The van der Waals surface area contributed by atoms with Gasteiger partial charge < -0.3 is 5.11 Å². The molecular weight excluding hydrogens is 282 g/mol. The van der Waals surface area contributed by atoms with Gasteiger partial charge >= 0.3 is 0 Å². The number of fused-ring (bicyclic) bond motifs is 1. The molecule has 0 unspecified atom stereocenters. The minimum Gasteiger partial charge on any atom is -0.389 e. The average molecular weight is 307 g/mol. The van der Waals surface area contributed by atoms with Crippen molar-refractivity contribution >= 4 is 9.73 Å². The maximum atomic E-state index is 13.3. The van der Waals surface area contributed by atoms with Crippen molar-refractivity contribution in [2.45, 2.75) is 49.0 Å². The van der Waals surface area contributed by atoms with Gasteiger partial charge in [0.05, 0.1) is 21.1 Å². The molecule has 3 rings (SSSR count). The van der Waals surface area contributed by atoms with E-state index in [1.54, 1.807) is 7.05 Å². The maximum Gasteiger partial charge on any atom is 0.0805 e. The Labute approximate surface area is 128 Å². The summed E-state index contributed by atoms with van der Waals surface area (Å²) >= 11 is 0. The summed E-state index contributed by atoms with van der Waals surface area (Å²) in [6.45, 7) is 0. The van der Waals surface area contributed by atoms with Crippen LogP contribution >= 0.6 is 0 Å². The second kappa shape index (κ2) is 5.73. The summed E-state index contributed by atoms with van der Waals surface area (Å²) in [4.78, 5) is 0.750. The van der Waals surface area contributed by atoms with Gasteiger partial charge in [0.25, 0.3) is 0 Å². The molecule has 4 atom stereocenters. The Kier molecular flexibility index (Phi) is 4.10. The smallest absolute Gasteiger partial charge is 0.0805 e. The molecule has 0 bridgehead atoms. The first-order chi connectivity index (χ1) is 10.1. The summed E-state index contributed by atoms with van der Waals surface area (Å²) in [6, 6.07) is 9.43. The lowest BCUT2D eigenvalue weighted by atomic mass is 9.88. The number of aliphatic hydroxyl groups is 1. The maximum absolute atomic E-state index is 13.3. The molecule has 21 heavy (non-hydrogen) atoms. The molecule has 2 saturated carbocycles. The Bertz CT molecular complexity index is 606. The number of hydrogen-bond acceptors (Lipinski definition) is 3. The van der Waals surface area contributed by atoms with Gasteiger partial charge in [-0.1, -0.05) is 43.9 Å². The molecule has 0 saturated heterocycles. The van der Waals surface area contributed by atoms with Crippen LogP contribution in [0.3, 0.4) is 0 Å². The van der Waals surface area contributed by atoms with Crippen LogP contribution in [0.25, 0.3) is 0 Å². The molecule has 1 aromatic rings. The van der Waals surface area contributed by atoms with Crippen molar-refractivity contribution < 1.29 is 9.32 Å². The van der Waals surface area contributed by atoms with Gasteiger partial charge in [0, 0.05) is 11.9 Å². The molecule has 0 radical (unpaired) electrons. The van der Waals surface area contributed by atoms with Crippen molar-refractivity contribution in [3.05, 3.63) is 30.3 Å². The van der Waals surface area contributed by atoms with Crippen LogP contribution in [0, 0.1) is 11.8 Å². The van der Waals surface area contributed by atoms with E-state index in [0.717, 1.165) is 24.2 Å². The molecule has 2 fully saturated rings. The molecule has 0 aliphatic heterocycles. The predicted molar refractivity (Wildman–Crippen MR) is 85.7 cm³/mol. The monoisotopic (exact) mass is 307 g/mol. The molecule has 3 nitrogen and oxygen atoms in total. The van der Waals surface area contributed by atoms with Crippen LogP contribution < -0.4 is 0 Å². The number of benzene rings is 1. The zero-order valence-electron chi connectivity index (χ0n) is 12.7. The molecule has 0 spiro atoms. The van der Waals surface area contributed by atoms with Gasteiger partial charge in [-0.3, -0.25) is 0 Å². The van der Waals surface area contributed by atoms with Crippen LogP contribution in [-0.4, -0.2) is 27.7 Å². The molecular formula is C17H25NO2S. The van der Waals surface area contributed by atoms with Crippen molar-refractivity contribution in [1.82, 2.24) is 0 Å². The van der Waals surface area contributed by atoms with Gasteiger partial charge in [0.1, 0.15) is 0 Å². The second-order valence-corrected chi connectivity index (χ2v) is 8.99. The first kappa shape index (κ1) is 15.0. The highest BCUT2D eigenvalue weighted by molar-refractivity contribution is 7.93. The summed E-state index contributed by atoms with van der Waals surface area (Å²) in [5, 5.41) is 11.2. The third-order valence-electron chi connectivity index (χ3n) is 5.15. The van der Waals surface area contributed by atoms with E-state index in [2.05, 4.69) is 4.36 Å². The SMILES string of the molecule is CN=[S@@](=O)(C[C@]1(O)CCCCC[C@H]2C[C@H]21)c1ccccc1. The van der Waals surface area contributed by atoms with Gasteiger partial charge in [-0.25, -0.2) is 8.57 Å². The van der Waals surface area contributed by atoms with E-state index in [0.29, 0.717) is 17.6 Å². The first-order valence-corrected chi connectivity index (χ1v) is 9.66. The predicted octanol–water partition coefficient (Wildman–Crippen LogP) is 3.47. The lowest BCUT2D eigenvalue weighted by Gasteiger charge is -2.31. The summed E-state index contributed by atoms with van der Waals surface area (Å²) in [6.07, 6.45) is 6.60. The van der Waals surface area contributed by atoms with Crippen molar-refractivity contribution in [1.29, 1.82) is 0 Å². The molecule has 2 aliphatic carbocycles. The minimum atomic E-state index is -2.52. The molecule has 0 aromatic heterocycles. The highest BCUT2D eigenvalue weighted by atomic mass is 32.2. The van der Waals surface area contributed by atoms with Gasteiger partial charge in [0.15, 0.2) is 0 Å². The van der Waals surface area contributed by atoms with Gasteiger partial charge in [0.2, 0.25) is 0 Å². The largest absolute Gasteiger partial charge is 0.389 e. The van der Waals surface area contributed by atoms with E-state index in [-0.39, 0.29) is 0 Å². The van der Waals surface area contributed by atoms with E-state index >= 15 is 0 Å². The van der Waals surface area contributed by atoms with E-state index in [1.807, 2.05) is 30.3 Å². The Morgan fingerprint density at radius 3 is 2.76 bits per heavy atom. The first-order valence-electron chi connectivity index (χ1n) is 7.98. The van der Waals surface area contributed by atoms with E-state index in [9.17, 15) is 9.32 Å². The van der Waals surface area contributed by atoms with E-state index in [1.165, 1.54) is 19.3 Å². The van der Waals surface area contributed by atoms with Crippen LogP contribution in [0.5, 0.6) is 0 Å². The quantitative estimate of drug-likeness (QED) is 0.929. The molecule has 0 heterocycles. The number of nitrogens with zero attached hydrogens (tertiary/aromatic N) is 1. The Morgan fingerprint density at radius 2 is 2.05 bits per heavy atom. The minimum absolute atomic E-state index is 0.293. The zero-order valence-corrected chi connectivity index (χ0v) is 13.5. The topological polar surface area (TPSA) is 49.7 Å². The highest BCUT2D eigenvalue weighted by Crippen LogP contribution is 2.53. The molecule has 0 amide bonds. The lowest BCUT2D eigenvalue weighted by Crippen LogP contribution is -2.40. The van der Waals surface area contributed by atoms with E-state index < -0.39 is 15.3 Å². The standard InChI is InChI=1S/C17H25NO2S/c1-18-21(20,15-9-5-2-6-10-15)13-17(19)11-7-3-4-8-14-12-16(14)17/h2,5-6,9-10,14,16,19H,3-4,7-8,11-13H2,1H3/t14-,16+,17+,21+/m0/s1. The normalized spacial score (nSPS) is 35.0. The highest BCUT2D eigenvalue weighted by Gasteiger charge is 2.52.